The smallest absolute Gasteiger partial charge is 0.338 e. The third-order valence-electron chi connectivity index (χ3n) is 4.18. The lowest BCUT2D eigenvalue weighted by Gasteiger charge is -2.27. The number of carbonyl (C=O) groups is 1. The van der Waals surface area contributed by atoms with E-state index in [0.717, 1.165) is 19.6 Å². The van der Waals surface area contributed by atoms with E-state index in [1.54, 1.807) is 12.1 Å². The maximum Gasteiger partial charge on any atom is 0.338 e. The first-order valence-electron chi connectivity index (χ1n) is 7.46. The molecular formula is C16H23FN2O2. The van der Waals surface area contributed by atoms with E-state index in [4.69, 9.17) is 5.11 Å². The first-order valence-corrected chi connectivity index (χ1v) is 7.46. The zero-order chi connectivity index (χ0) is 15.4. The molecule has 0 radical (unpaired) electrons. The Hall–Kier alpha value is -1.46. The molecular weight excluding hydrogens is 271 g/mol. The number of nitrogens with zero attached hydrogens (tertiary/aromatic N) is 2. The number of likely N-dealkylation sites (tertiary alicyclic amines) is 1. The van der Waals surface area contributed by atoms with Gasteiger partial charge < -0.3 is 10.0 Å². The Bertz CT molecular complexity index is 507. The van der Waals surface area contributed by atoms with Crippen LogP contribution in [0.15, 0.2) is 18.2 Å². The van der Waals surface area contributed by atoms with Gasteiger partial charge in [-0.15, -0.1) is 0 Å². The molecule has 1 aliphatic heterocycles. The van der Waals surface area contributed by atoms with Crippen LogP contribution in [0.2, 0.25) is 0 Å². The number of rotatable bonds is 6. The van der Waals surface area contributed by atoms with E-state index in [-0.39, 0.29) is 5.56 Å². The predicted molar refractivity (Wildman–Crippen MR) is 80.0 cm³/mol. The van der Waals surface area contributed by atoms with Crippen LogP contribution in [0.3, 0.4) is 0 Å². The number of halogens is 1. The molecule has 1 fully saturated rings. The highest BCUT2D eigenvalue weighted by Crippen LogP contribution is 2.19. The summed E-state index contributed by atoms with van der Waals surface area (Å²) in [5.74, 6) is -1.83. The Balaban J connectivity index is 2.01. The summed E-state index contributed by atoms with van der Waals surface area (Å²) in [6.45, 7) is 5.65. The van der Waals surface area contributed by atoms with Gasteiger partial charge in [0.15, 0.2) is 0 Å². The van der Waals surface area contributed by atoms with Gasteiger partial charge in [0.2, 0.25) is 0 Å². The van der Waals surface area contributed by atoms with Gasteiger partial charge in [0.05, 0.1) is 5.56 Å². The monoisotopic (exact) mass is 294 g/mol. The minimum absolute atomic E-state index is 0.253. The quantitative estimate of drug-likeness (QED) is 0.875. The Kier molecular flexibility index (Phi) is 5.31. The van der Waals surface area contributed by atoms with E-state index in [1.165, 1.54) is 18.9 Å². The third-order valence-corrected chi connectivity index (χ3v) is 4.18. The Morgan fingerprint density at radius 3 is 2.95 bits per heavy atom. The molecule has 1 aliphatic rings. The van der Waals surface area contributed by atoms with Crippen molar-refractivity contribution < 1.29 is 14.3 Å². The number of carboxylic acid groups (broad SMARTS) is 1. The first-order chi connectivity index (χ1) is 10.0. The van der Waals surface area contributed by atoms with Crippen LogP contribution in [0.4, 0.5) is 4.39 Å². The maximum absolute atomic E-state index is 14.1. The van der Waals surface area contributed by atoms with Crippen molar-refractivity contribution in [3.05, 3.63) is 35.1 Å². The summed E-state index contributed by atoms with van der Waals surface area (Å²) in [4.78, 5) is 15.5. The second kappa shape index (κ2) is 7.00. The standard InChI is InChI=1S/C16H23FN2O2/c1-3-19-9-5-7-13(19)11-18(2)10-12-6-4-8-14(15(12)17)16(20)21/h4,6,8,13H,3,5,7,9-11H2,1-2H3,(H,20,21). The molecule has 2 rings (SSSR count). The normalized spacial score (nSPS) is 19.3. The fourth-order valence-corrected chi connectivity index (χ4v) is 3.10. The highest BCUT2D eigenvalue weighted by Gasteiger charge is 2.24. The Morgan fingerprint density at radius 1 is 1.52 bits per heavy atom. The molecule has 0 amide bonds. The number of carboxylic acids is 1. The third kappa shape index (κ3) is 3.80. The van der Waals surface area contributed by atoms with Crippen LogP contribution in [0.1, 0.15) is 35.7 Å². The molecule has 116 valence electrons. The molecule has 1 aromatic rings. The van der Waals surface area contributed by atoms with Gasteiger partial charge in [0.25, 0.3) is 0 Å². The summed E-state index contributed by atoms with van der Waals surface area (Å²) in [5, 5.41) is 8.96. The lowest BCUT2D eigenvalue weighted by Crippen LogP contribution is -2.38. The van der Waals surface area contributed by atoms with Gasteiger partial charge in [-0.1, -0.05) is 19.1 Å². The minimum atomic E-state index is -1.22. The van der Waals surface area contributed by atoms with E-state index < -0.39 is 11.8 Å². The molecule has 0 aliphatic carbocycles. The van der Waals surface area contributed by atoms with Gasteiger partial charge in [-0.2, -0.15) is 0 Å². The number of hydrogen-bond acceptors (Lipinski definition) is 3. The number of likely N-dealkylation sites (N-methyl/N-ethyl adjacent to an activating group) is 2. The molecule has 0 saturated carbocycles. The lowest BCUT2D eigenvalue weighted by molar-refractivity contribution is 0.0691. The highest BCUT2D eigenvalue weighted by atomic mass is 19.1. The van der Waals surface area contributed by atoms with Gasteiger partial charge in [-0.05, 0) is 39.0 Å². The van der Waals surface area contributed by atoms with Crippen LogP contribution < -0.4 is 0 Å². The van der Waals surface area contributed by atoms with Crippen LogP contribution in [-0.2, 0) is 6.54 Å². The van der Waals surface area contributed by atoms with E-state index in [9.17, 15) is 9.18 Å². The molecule has 1 heterocycles. The zero-order valence-corrected chi connectivity index (χ0v) is 12.7. The molecule has 0 spiro atoms. The lowest BCUT2D eigenvalue weighted by atomic mass is 10.1. The highest BCUT2D eigenvalue weighted by molar-refractivity contribution is 5.88. The van der Waals surface area contributed by atoms with E-state index in [0.29, 0.717) is 18.2 Å². The zero-order valence-electron chi connectivity index (χ0n) is 12.7. The minimum Gasteiger partial charge on any atom is -0.478 e. The SMILES string of the molecule is CCN1CCCC1CN(C)Cc1cccc(C(=O)O)c1F. The Morgan fingerprint density at radius 2 is 2.29 bits per heavy atom. The van der Waals surface area contributed by atoms with E-state index in [2.05, 4.69) is 16.7 Å². The van der Waals surface area contributed by atoms with Gasteiger partial charge in [0, 0.05) is 24.7 Å². The molecule has 1 saturated heterocycles. The molecule has 0 bridgehead atoms. The van der Waals surface area contributed by atoms with Crippen LogP contribution >= 0.6 is 0 Å². The maximum atomic E-state index is 14.1. The fourth-order valence-electron chi connectivity index (χ4n) is 3.10. The molecule has 1 unspecified atom stereocenters. The molecule has 1 atom stereocenters. The van der Waals surface area contributed by atoms with Crippen molar-refractivity contribution in [3.63, 3.8) is 0 Å². The van der Waals surface area contributed by atoms with Crippen molar-refractivity contribution in [2.75, 3.05) is 26.7 Å². The van der Waals surface area contributed by atoms with Crippen molar-refractivity contribution in [3.8, 4) is 0 Å². The average Bonchev–Trinajstić information content (AvgIpc) is 2.87. The first kappa shape index (κ1) is 15.9. The summed E-state index contributed by atoms with van der Waals surface area (Å²) in [7, 11) is 1.96. The number of aromatic carboxylic acids is 1. The molecule has 5 heteroatoms. The fraction of sp³-hybridized carbons (Fsp3) is 0.562. The second-order valence-corrected chi connectivity index (χ2v) is 5.71. The summed E-state index contributed by atoms with van der Waals surface area (Å²) in [5.41, 5.74) is 0.190. The van der Waals surface area contributed by atoms with Crippen LogP contribution in [0, 0.1) is 5.82 Å². The second-order valence-electron chi connectivity index (χ2n) is 5.71. The molecule has 1 N–H and O–H groups in total. The van der Waals surface area contributed by atoms with Crippen LogP contribution in [0.25, 0.3) is 0 Å². The Labute approximate surface area is 125 Å². The van der Waals surface area contributed by atoms with Gasteiger partial charge in [-0.3, -0.25) is 4.90 Å². The molecule has 21 heavy (non-hydrogen) atoms. The summed E-state index contributed by atoms with van der Waals surface area (Å²) in [6, 6.07) is 5.08. The van der Waals surface area contributed by atoms with Crippen molar-refractivity contribution in [2.24, 2.45) is 0 Å². The molecule has 0 aromatic heterocycles. The number of hydrogen-bond donors (Lipinski definition) is 1. The molecule has 1 aromatic carbocycles. The van der Waals surface area contributed by atoms with Gasteiger partial charge in [0.1, 0.15) is 5.82 Å². The van der Waals surface area contributed by atoms with Gasteiger partial charge >= 0.3 is 5.97 Å². The topological polar surface area (TPSA) is 43.8 Å². The van der Waals surface area contributed by atoms with Crippen molar-refractivity contribution in [1.82, 2.24) is 9.80 Å². The van der Waals surface area contributed by atoms with Gasteiger partial charge in [-0.25, -0.2) is 9.18 Å². The number of benzene rings is 1. The van der Waals surface area contributed by atoms with Crippen molar-refractivity contribution in [2.45, 2.75) is 32.4 Å². The average molecular weight is 294 g/mol. The van der Waals surface area contributed by atoms with Crippen LogP contribution in [0.5, 0.6) is 0 Å². The van der Waals surface area contributed by atoms with E-state index in [1.807, 2.05) is 7.05 Å². The summed E-state index contributed by atoms with van der Waals surface area (Å²) >= 11 is 0. The van der Waals surface area contributed by atoms with Crippen LogP contribution in [-0.4, -0.2) is 53.6 Å². The molecule has 4 nitrogen and oxygen atoms in total. The van der Waals surface area contributed by atoms with E-state index >= 15 is 0 Å². The largest absolute Gasteiger partial charge is 0.478 e. The van der Waals surface area contributed by atoms with Crippen molar-refractivity contribution in [1.29, 1.82) is 0 Å². The summed E-state index contributed by atoms with van der Waals surface area (Å²) in [6.07, 6.45) is 2.39. The summed E-state index contributed by atoms with van der Waals surface area (Å²) < 4.78 is 14.1. The predicted octanol–water partition coefficient (Wildman–Crippen LogP) is 2.44. The van der Waals surface area contributed by atoms with Crippen molar-refractivity contribution >= 4 is 5.97 Å².